The van der Waals surface area contributed by atoms with E-state index in [-0.39, 0.29) is 28.8 Å². The maximum absolute atomic E-state index is 11.2. The van der Waals surface area contributed by atoms with Gasteiger partial charge in [-0.1, -0.05) is 0 Å². The van der Waals surface area contributed by atoms with Crippen LogP contribution in [-0.2, 0) is 4.79 Å². The standard InChI is InChI=1S/C14H12IN5O3/c1-6(21)23-12-9(15)3-7(4-10(12)22-2)11-8(5-16)13(17)20-14(18)19-11/h3-4H,1-2H3,(H4,17,18,19,20). The van der Waals surface area contributed by atoms with Crippen LogP contribution in [-0.4, -0.2) is 23.0 Å². The van der Waals surface area contributed by atoms with Gasteiger partial charge in [0, 0.05) is 12.5 Å². The zero-order chi connectivity index (χ0) is 17.1. The number of nitriles is 1. The predicted octanol–water partition coefficient (Wildman–Crippen LogP) is 1.72. The molecule has 1 aromatic carbocycles. The molecular formula is C14H12IN5O3. The monoisotopic (exact) mass is 425 g/mol. The molecule has 0 aliphatic carbocycles. The third kappa shape index (κ3) is 3.42. The highest BCUT2D eigenvalue weighted by Gasteiger charge is 2.19. The number of nitrogen functional groups attached to an aromatic ring is 2. The minimum Gasteiger partial charge on any atom is -0.493 e. The van der Waals surface area contributed by atoms with E-state index in [0.717, 1.165) is 0 Å². The smallest absolute Gasteiger partial charge is 0.308 e. The van der Waals surface area contributed by atoms with Crippen molar-refractivity contribution < 1.29 is 14.3 Å². The predicted molar refractivity (Wildman–Crippen MR) is 91.6 cm³/mol. The Morgan fingerprint density at radius 1 is 1.35 bits per heavy atom. The summed E-state index contributed by atoms with van der Waals surface area (Å²) in [5.74, 6) is 0.0874. The lowest BCUT2D eigenvalue weighted by Crippen LogP contribution is -2.07. The number of nitrogens with zero attached hydrogens (tertiary/aromatic N) is 3. The lowest BCUT2D eigenvalue weighted by Gasteiger charge is -2.13. The van der Waals surface area contributed by atoms with Crippen molar-refractivity contribution in [3.8, 4) is 28.8 Å². The number of rotatable bonds is 3. The second-order valence-electron chi connectivity index (χ2n) is 4.39. The summed E-state index contributed by atoms with van der Waals surface area (Å²) in [7, 11) is 1.44. The Labute approximate surface area is 145 Å². The summed E-state index contributed by atoms with van der Waals surface area (Å²) in [5.41, 5.74) is 12.3. The molecule has 2 aromatic rings. The zero-order valence-electron chi connectivity index (χ0n) is 12.3. The van der Waals surface area contributed by atoms with Crippen LogP contribution in [0.15, 0.2) is 12.1 Å². The van der Waals surface area contributed by atoms with Gasteiger partial charge in [-0.25, -0.2) is 4.98 Å². The number of hydrogen-bond donors (Lipinski definition) is 2. The second kappa shape index (κ2) is 6.66. The van der Waals surface area contributed by atoms with E-state index >= 15 is 0 Å². The maximum atomic E-state index is 11.2. The van der Waals surface area contributed by atoms with Crippen molar-refractivity contribution in [2.24, 2.45) is 0 Å². The molecule has 0 unspecified atom stereocenters. The molecule has 118 valence electrons. The molecule has 0 atom stereocenters. The Balaban J connectivity index is 2.69. The van der Waals surface area contributed by atoms with Gasteiger partial charge >= 0.3 is 5.97 Å². The van der Waals surface area contributed by atoms with E-state index in [1.807, 2.05) is 28.7 Å². The molecule has 2 rings (SSSR count). The van der Waals surface area contributed by atoms with Crippen molar-refractivity contribution >= 4 is 40.3 Å². The minimum absolute atomic E-state index is 0.00645. The quantitative estimate of drug-likeness (QED) is 0.431. The number of halogens is 1. The summed E-state index contributed by atoms with van der Waals surface area (Å²) in [4.78, 5) is 19.1. The van der Waals surface area contributed by atoms with Crippen LogP contribution in [0.4, 0.5) is 11.8 Å². The number of esters is 1. The van der Waals surface area contributed by atoms with Gasteiger partial charge in [-0.2, -0.15) is 10.2 Å². The van der Waals surface area contributed by atoms with E-state index in [9.17, 15) is 10.1 Å². The van der Waals surface area contributed by atoms with Gasteiger partial charge in [-0.15, -0.1) is 0 Å². The number of ether oxygens (including phenoxy) is 2. The van der Waals surface area contributed by atoms with Crippen LogP contribution in [0.25, 0.3) is 11.3 Å². The third-order valence-electron chi connectivity index (χ3n) is 2.81. The van der Waals surface area contributed by atoms with Crippen LogP contribution in [0.3, 0.4) is 0 Å². The van der Waals surface area contributed by atoms with Crippen molar-refractivity contribution in [2.45, 2.75) is 6.92 Å². The second-order valence-corrected chi connectivity index (χ2v) is 5.55. The summed E-state index contributed by atoms with van der Waals surface area (Å²) < 4.78 is 11.0. The molecule has 0 aliphatic heterocycles. The highest BCUT2D eigenvalue weighted by Crippen LogP contribution is 2.38. The summed E-state index contributed by atoms with van der Waals surface area (Å²) in [6.07, 6.45) is 0. The van der Waals surface area contributed by atoms with Gasteiger partial charge in [0.05, 0.1) is 16.4 Å². The number of carbonyl (C=O) groups excluding carboxylic acids is 1. The van der Waals surface area contributed by atoms with Crippen molar-refractivity contribution in [2.75, 3.05) is 18.6 Å². The van der Waals surface area contributed by atoms with E-state index in [1.165, 1.54) is 14.0 Å². The number of anilines is 2. The van der Waals surface area contributed by atoms with Crippen LogP contribution < -0.4 is 20.9 Å². The average molecular weight is 425 g/mol. The first-order valence-electron chi connectivity index (χ1n) is 6.26. The van der Waals surface area contributed by atoms with Gasteiger partial charge in [0.25, 0.3) is 0 Å². The molecular weight excluding hydrogens is 413 g/mol. The van der Waals surface area contributed by atoms with Gasteiger partial charge in [0.1, 0.15) is 17.5 Å². The average Bonchev–Trinajstić information content (AvgIpc) is 2.48. The van der Waals surface area contributed by atoms with Crippen LogP contribution in [0, 0.1) is 14.9 Å². The van der Waals surface area contributed by atoms with Crippen molar-refractivity contribution in [1.82, 2.24) is 9.97 Å². The van der Waals surface area contributed by atoms with Gasteiger partial charge in [0.15, 0.2) is 11.5 Å². The van der Waals surface area contributed by atoms with E-state index in [2.05, 4.69) is 9.97 Å². The molecule has 8 nitrogen and oxygen atoms in total. The third-order valence-corrected chi connectivity index (χ3v) is 3.62. The number of carbonyl (C=O) groups is 1. The number of hydrogen-bond acceptors (Lipinski definition) is 8. The van der Waals surface area contributed by atoms with Gasteiger partial charge in [-0.05, 0) is 34.7 Å². The summed E-state index contributed by atoms with van der Waals surface area (Å²) in [6, 6.07) is 5.23. The SMILES string of the molecule is COc1cc(-c2nc(N)nc(N)c2C#N)cc(I)c1OC(C)=O. The lowest BCUT2D eigenvalue weighted by atomic mass is 10.1. The summed E-state index contributed by atoms with van der Waals surface area (Å²) in [5, 5.41) is 9.27. The zero-order valence-corrected chi connectivity index (χ0v) is 14.4. The molecule has 0 aliphatic rings. The number of nitrogens with two attached hydrogens (primary N) is 2. The fourth-order valence-electron chi connectivity index (χ4n) is 1.91. The number of aromatic nitrogens is 2. The summed E-state index contributed by atoms with van der Waals surface area (Å²) in [6.45, 7) is 1.29. The fourth-order valence-corrected chi connectivity index (χ4v) is 2.63. The Hall–Kier alpha value is -2.61. The first-order valence-corrected chi connectivity index (χ1v) is 7.34. The van der Waals surface area contributed by atoms with E-state index in [1.54, 1.807) is 12.1 Å². The Bertz CT molecular complexity index is 832. The molecule has 0 spiro atoms. The summed E-state index contributed by atoms with van der Waals surface area (Å²) >= 11 is 1.99. The van der Waals surface area contributed by atoms with Crippen LogP contribution >= 0.6 is 22.6 Å². The Morgan fingerprint density at radius 2 is 2.04 bits per heavy atom. The van der Waals surface area contributed by atoms with Crippen molar-refractivity contribution in [1.29, 1.82) is 5.26 Å². The molecule has 0 amide bonds. The lowest BCUT2D eigenvalue weighted by molar-refractivity contribution is -0.132. The topological polar surface area (TPSA) is 137 Å². The molecule has 4 N–H and O–H groups in total. The first-order chi connectivity index (χ1) is 10.9. The Kier molecular flexibility index (Phi) is 4.85. The number of benzene rings is 1. The largest absolute Gasteiger partial charge is 0.493 e. The maximum Gasteiger partial charge on any atom is 0.308 e. The van der Waals surface area contributed by atoms with Crippen molar-refractivity contribution in [3.05, 3.63) is 21.3 Å². The minimum atomic E-state index is -0.470. The molecule has 1 aromatic heterocycles. The molecule has 0 fully saturated rings. The highest BCUT2D eigenvalue weighted by molar-refractivity contribution is 14.1. The van der Waals surface area contributed by atoms with Crippen LogP contribution in [0.1, 0.15) is 12.5 Å². The number of methoxy groups -OCH3 is 1. The van der Waals surface area contributed by atoms with E-state index in [4.69, 9.17) is 20.9 Å². The molecule has 9 heteroatoms. The molecule has 0 saturated carbocycles. The van der Waals surface area contributed by atoms with Gasteiger partial charge < -0.3 is 20.9 Å². The van der Waals surface area contributed by atoms with Crippen LogP contribution in [0.5, 0.6) is 11.5 Å². The fraction of sp³-hybridized carbons (Fsp3) is 0.143. The molecule has 1 heterocycles. The Morgan fingerprint density at radius 3 is 2.61 bits per heavy atom. The van der Waals surface area contributed by atoms with Crippen LogP contribution in [0.2, 0.25) is 0 Å². The van der Waals surface area contributed by atoms with E-state index in [0.29, 0.717) is 14.9 Å². The molecule has 0 bridgehead atoms. The molecule has 23 heavy (non-hydrogen) atoms. The first kappa shape index (κ1) is 16.8. The molecule has 0 radical (unpaired) electrons. The van der Waals surface area contributed by atoms with E-state index < -0.39 is 5.97 Å². The van der Waals surface area contributed by atoms with Crippen molar-refractivity contribution in [3.63, 3.8) is 0 Å². The highest BCUT2D eigenvalue weighted by atomic mass is 127. The normalized spacial score (nSPS) is 10.0. The van der Waals surface area contributed by atoms with Gasteiger partial charge in [-0.3, -0.25) is 4.79 Å². The molecule has 0 saturated heterocycles. The van der Waals surface area contributed by atoms with Gasteiger partial charge in [0.2, 0.25) is 5.95 Å².